The van der Waals surface area contributed by atoms with Gasteiger partial charge in [-0.1, -0.05) is 6.07 Å². The summed E-state index contributed by atoms with van der Waals surface area (Å²) in [4.78, 5) is 6.91. The number of fused-ring (bicyclic) bond motifs is 1. The number of hydrogen-bond acceptors (Lipinski definition) is 3. The molecule has 1 aromatic carbocycles. The Morgan fingerprint density at radius 2 is 2.06 bits per heavy atom. The Hall–Kier alpha value is -1.39. The van der Waals surface area contributed by atoms with Gasteiger partial charge < -0.3 is 9.30 Å². The van der Waals surface area contributed by atoms with Gasteiger partial charge in [-0.2, -0.15) is 0 Å². The molecule has 1 aliphatic rings. The van der Waals surface area contributed by atoms with Gasteiger partial charge in [0.1, 0.15) is 0 Å². The fraction of sp³-hybridized carbons (Fsp3) is 0.500. The van der Waals surface area contributed by atoms with Crippen LogP contribution in [0.5, 0.6) is 0 Å². The smallest absolute Gasteiger partial charge is 0.0958 e. The van der Waals surface area contributed by atoms with Gasteiger partial charge in [-0.25, -0.2) is 4.98 Å². The normalized spacial score (nSPS) is 17.4. The zero-order valence-electron chi connectivity index (χ0n) is 10.8. The van der Waals surface area contributed by atoms with E-state index in [2.05, 4.69) is 39.6 Å². The minimum atomic E-state index is 0.865. The molecular weight excluding hydrogens is 226 g/mol. The van der Waals surface area contributed by atoms with E-state index in [9.17, 15) is 0 Å². The van der Waals surface area contributed by atoms with Crippen LogP contribution in [0.15, 0.2) is 24.5 Å². The standard InChI is InChI=1S/C14H19N3O/c1-12-2-3-14-13(10-12)15-11-17(14)5-4-16-6-8-18-9-7-16/h2-3,10-11H,4-9H2,1H3. The summed E-state index contributed by atoms with van der Waals surface area (Å²) in [6.07, 6.45) is 1.95. The van der Waals surface area contributed by atoms with Crippen LogP contribution in [0.2, 0.25) is 0 Å². The maximum absolute atomic E-state index is 5.36. The highest BCUT2D eigenvalue weighted by Gasteiger charge is 2.10. The summed E-state index contributed by atoms with van der Waals surface area (Å²) in [5, 5.41) is 0. The van der Waals surface area contributed by atoms with E-state index in [4.69, 9.17) is 4.74 Å². The van der Waals surface area contributed by atoms with Gasteiger partial charge in [-0.05, 0) is 24.6 Å². The van der Waals surface area contributed by atoms with Crippen molar-refractivity contribution in [1.82, 2.24) is 14.5 Å². The number of ether oxygens (including phenoxy) is 1. The highest BCUT2D eigenvalue weighted by atomic mass is 16.5. The Bertz CT molecular complexity index is 529. The van der Waals surface area contributed by atoms with Crippen molar-refractivity contribution >= 4 is 11.0 Å². The topological polar surface area (TPSA) is 30.3 Å². The van der Waals surface area contributed by atoms with Crippen molar-refractivity contribution in [2.24, 2.45) is 0 Å². The molecule has 0 atom stereocenters. The number of imidazole rings is 1. The maximum Gasteiger partial charge on any atom is 0.0958 e. The fourth-order valence-electron chi connectivity index (χ4n) is 2.43. The van der Waals surface area contributed by atoms with Crippen LogP contribution in [0.4, 0.5) is 0 Å². The third-order valence-electron chi connectivity index (χ3n) is 3.54. The Balaban J connectivity index is 1.70. The average Bonchev–Trinajstić information content (AvgIpc) is 2.80. The van der Waals surface area contributed by atoms with Crippen molar-refractivity contribution in [2.75, 3.05) is 32.8 Å². The van der Waals surface area contributed by atoms with Gasteiger partial charge in [0, 0.05) is 26.2 Å². The lowest BCUT2D eigenvalue weighted by molar-refractivity contribution is 0.0365. The van der Waals surface area contributed by atoms with Gasteiger partial charge in [-0.3, -0.25) is 4.90 Å². The molecule has 2 aromatic rings. The van der Waals surface area contributed by atoms with Gasteiger partial charge in [-0.15, -0.1) is 0 Å². The minimum Gasteiger partial charge on any atom is -0.379 e. The van der Waals surface area contributed by atoms with E-state index in [0.717, 1.165) is 44.9 Å². The lowest BCUT2D eigenvalue weighted by Crippen LogP contribution is -2.38. The number of morpholine rings is 1. The van der Waals surface area contributed by atoms with E-state index < -0.39 is 0 Å². The Kier molecular flexibility index (Phi) is 3.30. The van der Waals surface area contributed by atoms with Gasteiger partial charge in [0.15, 0.2) is 0 Å². The summed E-state index contributed by atoms with van der Waals surface area (Å²) in [5.41, 5.74) is 3.59. The number of hydrogen-bond donors (Lipinski definition) is 0. The average molecular weight is 245 g/mol. The van der Waals surface area contributed by atoms with Crippen LogP contribution < -0.4 is 0 Å². The maximum atomic E-state index is 5.36. The summed E-state index contributed by atoms with van der Waals surface area (Å²) in [6, 6.07) is 6.45. The molecule has 0 aliphatic carbocycles. The van der Waals surface area contributed by atoms with Crippen molar-refractivity contribution in [2.45, 2.75) is 13.5 Å². The molecule has 4 nitrogen and oxygen atoms in total. The Morgan fingerprint density at radius 1 is 1.22 bits per heavy atom. The monoisotopic (exact) mass is 245 g/mol. The highest BCUT2D eigenvalue weighted by molar-refractivity contribution is 5.75. The highest BCUT2D eigenvalue weighted by Crippen LogP contribution is 2.14. The van der Waals surface area contributed by atoms with Crippen LogP contribution >= 0.6 is 0 Å². The molecule has 0 N–H and O–H groups in total. The van der Waals surface area contributed by atoms with Gasteiger partial charge in [0.2, 0.25) is 0 Å². The molecule has 4 heteroatoms. The Labute approximate surface area is 107 Å². The molecule has 96 valence electrons. The number of nitrogens with zero attached hydrogens (tertiary/aromatic N) is 3. The van der Waals surface area contributed by atoms with Crippen LogP contribution in [0.25, 0.3) is 11.0 Å². The SMILES string of the molecule is Cc1ccc2c(c1)ncn2CCN1CCOCC1. The van der Waals surface area contributed by atoms with Crippen molar-refractivity contribution in [1.29, 1.82) is 0 Å². The molecule has 1 saturated heterocycles. The molecule has 0 spiro atoms. The van der Waals surface area contributed by atoms with E-state index in [1.807, 2.05) is 6.33 Å². The first kappa shape index (κ1) is 11.7. The molecule has 0 unspecified atom stereocenters. The molecule has 0 radical (unpaired) electrons. The third-order valence-corrected chi connectivity index (χ3v) is 3.54. The van der Waals surface area contributed by atoms with Gasteiger partial charge in [0.25, 0.3) is 0 Å². The van der Waals surface area contributed by atoms with Crippen molar-refractivity contribution < 1.29 is 4.74 Å². The number of aromatic nitrogens is 2. The molecule has 0 saturated carbocycles. The van der Waals surface area contributed by atoms with E-state index in [0.29, 0.717) is 0 Å². The van der Waals surface area contributed by atoms with Gasteiger partial charge >= 0.3 is 0 Å². The second kappa shape index (κ2) is 5.08. The van der Waals surface area contributed by atoms with Crippen LogP contribution in [-0.2, 0) is 11.3 Å². The number of benzene rings is 1. The first-order valence-corrected chi connectivity index (χ1v) is 6.54. The molecule has 0 bridgehead atoms. The van der Waals surface area contributed by atoms with E-state index >= 15 is 0 Å². The lowest BCUT2D eigenvalue weighted by atomic mass is 10.2. The van der Waals surface area contributed by atoms with Crippen LogP contribution in [0.1, 0.15) is 5.56 Å². The fourth-order valence-corrected chi connectivity index (χ4v) is 2.43. The summed E-state index contributed by atoms with van der Waals surface area (Å²) in [5.74, 6) is 0. The van der Waals surface area contributed by atoms with Crippen molar-refractivity contribution in [3.63, 3.8) is 0 Å². The van der Waals surface area contributed by atoms with Crippen molar-refractivity contribution in [3.8, 4) is 0 Å². The van der Waals surface area contributed by atoms with Crippen LogP contribution in [-0.4, -0.2) is 47.3 Å². The zero-order valence-corrected chi connectivity index (χ0v) is 10.8. The molecule has 0 amide bonds. The third kappa shape index (κ3) is 2.40. The predicted octanol–water partition coefficient (Wildman–Crippen LogP) is 1.68. The molecular formula is C14H19N3O. The molecule has 1 fully saturated rings. The van der Waals surface area contributed by atoms with Gasteiger partial charge in [0.05, 0.1) is 30.6 Å². The van der Waals surface area contributed by atoms with E-state index in [1.54, 1.807) is 0 Å². The van der Waals surface area contributed by atoms with E-state index in [-0.39, 0.29) is 0 Å². The summed E-state index contributed by atoms with van der Waals surface area (Å²) in [6.45, 7) is 8.00. The lowest BCUT2D eigenvalue weighted by Gasteiger charge is -2.26. The first-order valence-electron chi connectivity index (χ1n) is 6.54. The molecule has 2 heterocycles. The quantitative estimate of drug-likeness (QED) is 0.824. The minimum absolute atomic E-state index is 0.865. The largest absolute Gasteiger partial charge is 0.379 e. The molecule has 1 aromatic heterocycles. The van der Waals surface area contributed by atoms with Crippen LogP contribution in [0, 0.1) is 6.92 Å². The molecule has 1 aliphatic heterocycles. The number of rotatable bonds is 3. The summed E-state index contributed by atoms with van der Waals surface area (Å²) < 4.78 is 7.60. The summed E-state index contributed by atoms with van der Waals surface area (Å²) >= 11 is 0. The molecule has 18 heavy (non-hydrogen) atoms. The zero-order chi connectivity index (χ0) is 12.4. The first-order chi connectivity index (χ1) is 8.83. The summed E-state index contributed by atoms with van der Waals surface area (Å²) in [7, 11) is 0. The van der Waals surface area contributed by atoms with E-state index in [1.165, 1.54) is 11.1 Å². The molecule has 3 rings (SSSR count). The second-order valence-electron chi connectivity index (χ2n) is 4.88. The number of aryl methyl sites for hydroxylation is 1. The second-order valence-corrected chi connectivity index (χ2v) is 4.88. The Morgan fingerprint density at radius 3 is 2.89 bits per heavy atom. The van der Waals surface area contributed by atoms with Crippen molar-refractivity contribution in [3.05, 3.63) is 30.1 Å². The van der Waals surface area contributed by atoms with Crippen LogP contribution in [0.3, 0.4) is 0 Å². The predicted molar refractivity (Wildman–Crippen MR) is 71.7 cm³/mol.